The Kier molecular flexibility index (Phi) is 10.6. The van der Waals surface area contributed by atoms with Crippen molar-refractivity contribution in [1.29, 1.82) is 0 Å². The van der Waals surface area contributed by atoms with Gasteiger partial charge in [0.05, 0.1) is 5.41 Å². The van der Waals surface area contributed by atoms with Crippen LogP contribution < -0.4 is 0 Å². The highest BCUT2D eigenvalue weighted by atomic mass is 14.5. The van der Waals surface area contributed by atoms with E-state index in [1.165, 1.54) is 140 Å². The highest BCUT2D eigenvalue weighted by Crippen LogP contribution is 2.57. The number of unbranched alkanes of at least 4 members (excludes halogenated alkanes) is 6. The van der Waals surface area contributed by atoms with Crippen molar-refractivity contribution in [3.05, 3.63) is 203 Å². The molecule has 0 saturated carbocycles. The van der Waals surface area contributed by atoms with Gasteiger partial charge >= 0.3 is 0 Å². The summed E-state index contributed by atoms with van der Waals surface area (Å²) in [5.41, 5.74) is 15.8. The molecule has 0 nitrogen and oxygen atoms in total. The van der Waals surface area contributed by atoms with Gasteiger partial charge in [-0.3, -0.25) is 0 Å². The Labute approximate surface area is 340 Å². The van der Waals surface area contributed by atoms with Crippen molar-refractivity contribution >= 4 is 21.5 Å². The largest absolute Gasteiger partial charge is 0.0713 e. The Morgan fingerprint density at radius 1 is 0.368 bits per heavy atom. The summed E-state index contributed by atoms with van der Waals surface area (Å²) in [5.74, 6) is 0. The SMILES string of the molecule is CCCCCCc1ccc2c(c1)C(c1ccccc1)(c1ccc(-c3cccc4c(-c5ccccc5)c5ccccc5cc34)cc1)c1cc(CCCCCC)ccc1-2. The van der Waals surface area contributed by atoms with Crippen molar-refractivity contribution in [2.75, 3.05) is 0 Å². The molecule has 0 spiro atoms. The molecule has 0 fully saturated rings. The molecule has 0 bridgehead atoms. The first kappa shape index (κ1) is 36.9. The summed E-state index contributed by atoms with van der Waals surface area (Å²) in [6.07, 6.45) is 12.4. The first-order valence-electron chi connectivity index (χ1n) is 21.6. The van der Waals surface area contributed by atoms with E-state index < -0.39 is 5.41 Å². The minimum atomic E-state index is -0.418. The van der Waals surface area contributed by atoms with Crippen LogP contribution in [0.4, 0.5) is 0 Å². The van der Waals surface area contributed by atoms with E-state index >= 15 is 0 Å². The third-order valence-corrected chi connectivity index (χ3v) is 12.7. The number of hydrogen-bond acceptors (Lipinski definition) is 0. The Morgan fingerprint density at radius 2 is 0.930 bits per heavy atom. The average Bonchev–Trinajstić information content (AvgIpc) is 3.56. The van der Waals surface area contributed by atoms with Crippen LogP contribution in [0.1, 0.15) is 98.6 Å². The maximum atomic E-state index is 2.57. The molecule has 1 aliphatic carbocycles. The fourth-order valence-electron chi connectivity index (χ4n) is 9.87. The van der Waals surface area contributed by atoms with Gasteiger partial charge in [-0.25, -0.2) is 0 Å². The molecule has 0 heteroatoms. The van der Waals surface area contributed by atoms with E-state index in [0.29, 0.717) is 0 Å². The van der Waals surface area contributed by atoms with Crippen LogP contribution in [0.25, 0.3) is 54.9 Å². The molecule has 0 amide bonds. The summed E-state index contributed by atoms with van der Waals surface area (Å²) < 4.78 is 0. The standard InChI is InChI=1S/C57H54/c1-3-5-7-11-20-41-30-36-50-51-37-31-42(21-12-8-6-4-2)39-55(51)57(54(50)38-41,46-25-15-10-16-26-46)47-34-32-43(33-35-47)48-28-19-29-52-53(48)40-45-24-17-18-27-49(45)56(52)44-22-13-9-14-23-44/h9-10,13-19,22-40H,3-8,11-12,20-21H2,1-2H3. The van der Waals surface area contributed by atoms with E-state index in [4.69, 9.17) is 0 Å². The van der Waals surface area contributed by atoms with Crippen molar-refractivity contribution in [2.24, 2.45) is 0 Å². The molecule has 8 aromatic carbocycles. The smallest absolute Gasteiger partial charge is 0.0654 e. The highest BCUT2D eigenvalue weighted by molar-refractivity contribution is 6.16. The maximum absolute atomic E-state index is 2.57. The Morgan fingerprint density at radius 3 is 1.56 bits per heavy atom. The predicted octanol–water partition coefficient (Wildman–Crippen LogP) is 15.9. The van der Waals surface area contributed by atoms with Gasteiger partial charge in [0.15, 0.2) is 0 Å². The molecule has 0 aliphatic heterocycles. The second-order valence-electron chi connectivity index (χ2n) is 16.3. The van der Waals surface area contributed by atoms with Gasteiger partial charge in [0, 0.05) is 0 Å². The number of rotatable bonds is 14. The highest BCUT2D eigenvalue weighted by Gasteiger charge is 2.46. The maximum Gasteiger partial charge on any atom is 0.0713 e. The van der Waals surface area contributed by atoms with E-state index in [1.54, 1.807) is 0 Å². The molecular formula is C57H54. The molecule has 8 aromatic rings. The molecule has 0 heterocycles. The van der Waals surface area contributed by atoms with Crippen molar-refractivity contribution in [3.8, 4) is 33.4 Å². The minimum Gasteiger partial charge on any atom is -0.0654 e. The van der Waals surface area contributed by atoms with Crippen LogP contribution in [0, 0.1) is 0 Å². The summed E-state index contributed by atoms with van der Waals surface area (Å²) in [6.45, 7) is 4.60. The fraction of sp³-hybridized carbons (Fsp3) is 0.228. The number of hydrogen-bond donors (Lipinski definition) is 0. The van der Waals surface area contributed by atoms with Crippen molar-refractivity contribution in [2.45, 2.75) is 83.5 Å². The summed E-state index contributed by atoms with van der Waals surface area (Å²) >= 11 is 0. The van der Waals surface area contributed by atoms with Gasteiger partial charge < -0.3 is 0 Å². The van der Waals surface area contributed by atoms with Crippen LogP contribution in [0.2, 0.25) is 0 Å². The second-order valence-corrected chi connectivity index (χ2v) is 16.3. The topological polar surface area (TPSA) is 0 Å². The van der Waals surface area contributed by atoms with E-state index in [-0.39, 0.29) is 0 Å². The number of benzene rings is 8. The second kappa shape index (κ2) is 16.4. The molecule has 9 rings (SSSR count). The zero-order chi connectivity index (χ0) is 38.6. The van der Waals surface area contributed by atoms with Crippen LogP contribution in [-0.4, -0.2) is 0 Å². The first-order valence-corrected chi connectivity index (χ1v) is 21.6. The average molecular weight is 739 g/mol. The normalized spacial score (nSPS) is 12.9. The van der Waals surface area contributed by atoms with Gasteiger partial charge in [0.2, 0.25) is 0 Å². The van der Waals surface area contributed by atoms with E-state index in [0.717, 1.165) is 12.8 Å². The molecule has 0 atom stereocenters. The Balaban J connectivity index is 1.22. The third-order valence-electron chi connectivity index (χ3n) is 12.7. The lowest BCUT2D eigenvalue weighted by Gasteiger charge is -2.34. The van der Waals surface area contributed by atoms with Gasteiger partial charge in [0.1, 0.15) is 0 Å². The monoisotopic (exact) mass is 738 g/mol. The molecule has 0 aromatic heterocycles. The minimum absolute atomic E-state index is 0.418. The fourth-order valence-corrected chi connectivity index (χ4v) is 9.87. The summed E-state index contributed by atoms with van der Waals surface area (Å²) in [7, 11) is 0. The summed E-state index contributed by atoms with van der Waals surface area (Å²) in [4.78, 5) is 0. The van der Waals surface area contributed by atoms with E-state index in [2.05, 4.69) is 184 Å². The Bertz CT molecular complexity index is 2570. The van der Waals surface area contributed by atoms with Crippen LogP contribution in [0.15, 0.2) is 170 Å². The molecule has 0 radical (unpaired) electrons. The van der Waals surface area contributed by atoms with Crippen LogP contribution in [-0.2, 0) is 18.3 Å². The van der Waals surface area contributed by atoms with Gasteiger partial charge in [-0.05, 0) is 120 Å². The van der Waals surface area contributed by atoms with Gasteiger partial charge in [0.25, 0.3) is 0 Å². The number of aryl methyl sites for hydroxylation is 2. The molecule has 0 saturated heterocycles. The van der Waals surface area contributed by atoms with Crippen LogP contribution in [0.5, 0.6) is 0 Å². The van der Waals surface area contributed by atoms with Crippen LogP contribution >= 0.6 is 0 Å². The molecule has 0 N–H and O–H groups in total. The molecule has 1 aliphatic rings. The number of fused-ring (bicyclic) bond motifs is 5. The van der Waals surface area contributed by atoms with Crippen molar-refractivity contribution in [1.82, 2.24) is 0 Å². The third kappa shape index (κ3) is 6.80. The molecule has 282 valence electrons. The summed E-state index contributed by atoms with van der Waals surface area (Å²) in [6, 6.07) is 64.9. The van der Waals surface area contributed by atoms with Gasteiger partial charge in [-0.2, -0.15) is 0 Å². The van der Waals surface area contributed by atoms with Crippen molar-refractivity contribution in [3.63, 3.8) is 0 Å². The zero-order valence-electron chi connectivity index (χ0n) is 33.7. The lowest BCUT2D eigenvalue weighted by molar-refractivity contribution is 0.664. The van der Waals surface area contributed by atoms with E-state index in [1.807, 2.05) is 0 Å². The lowest BCUT2D eigenvalue weighted by atomic mass is 9.67. The van der Waals surface area contributed by atoms with Gasteiger partial charge in [-0.15, -0.1) is 0 Å². The van der Waals surface area contributed by atoms with Crippen LogP contribution in [0.3, 0.4) is 0 Å². The van der Waals surface area contributed by atoms with E-state index in [9.17, 15) is 0 Å². The van der Waals surface area contributed by atoms with Crippen molar-refractivity contribution < 1.29 is 0 Å². The lowest BCUT2D eigenvalue weighted by Crippen LogP contribution is -2.28. The zero-order valence-corrected chi connectivity index (χ0v) is 33.7. The first-order chi connectivity index (χ1) is 28.2. The molecule has 57 heavy (non-hydrogen) atoms. The quantitative estimate of drug-likeness (QED) is 0.0770. The van der Waals surface area contributed by atoms with Gasteiger partial charge in [-0.1, -0.05) is 216 Å². The Hall–Kier alpha value is -5.72. The molecular weight excluding hydrogens is 685 g/mol. The molecule has 0 unspecified atom stereocenters. The predicted molar refractivity (Wildman–Crippen MR) is 245 cm³/mol. The summed E-state index contributed by atoms with van der Waals surface area (Å²) in [5, 5.41) is 5.14.